The number of hydrogen-bond donors (Lipinski definition) is 1. The molecule has 2 fully saturated rings. The Balaban J connectivity index is 1.67. The summed E-state index contributed by atoms with van der Waals surface area (Å²) in [6.45, 7) is 1.21. The van der Waals surface area contributed by atoms with Crippen molar-refractivity contribution in [2.45, 2.75) is 50.6 Å². The van der Waals surface area contributed by atoms with Crippen molar-refractivity contribution in [3.05, 3.63) is 17.5 Å². The second-order valence-corrected chi connectivity index (χ2v) is 6.31. The maximum atomic E-state index is 12.6. The molecular formula is C15H20F3N3O. The topological polar surface area (TPSA) is 49.0 Å². The highest BCUT2D eigenvalue weighted by atomic mass is 19.4. The fraction of sp³-hybridized carbons (Fsp3) is 0.733. The van der Waals surface area contributed by atoms with Gasteiger partial charge in [0.05, 0.1) is 0 Å². The van der Waals surface area contributed by atoms with E-state index in [1.165, 1.54) is 0 Å². The summed E-state index contributed by atoms with van der Waals surface area (Å²) < 4.78 is 37.9. The summed E-state index contributed by atoms with van der Waals surface area (Å²) in [5, 5.41) is 5.86. The minimum absolute atomic E-state index is 0.0808. The van der Waals surface area contributed by atoms with E-state index in [4.69, 9.17) is 0 Å². The van der Waals surface area contributed by atoms with Gasteiger partial charge >= 0.3 is 6.18 Å². The van der Waals surface area contributed by atoms with E-state index < -0.39 is 11.9 Å². The van der Waals surface area contributed by atoms with Crippen LogP contribution in [0.1, 0.15) is 55.8 Å². The second-order valence-electron chi connectivity index (χ2n) is 6.31. The molecule has 1 aliphatic carbocycles. The van der Waals surface area contributed by atoms with Gasteiger partial charge in [-0.05, 0) is 31.7 Å². The summed E-state index contributed by atoms with van der Waals surface area (Å²) in [6.07, 6.45) is 1.27. The number of nitrogens with one attached hydrogen (secondary N) is 1. The van der Waals surface area contributed by atoms with Gasteiger partial charge in [0, 0.05) is 30.6 Å². The number of hydrogen-bond acceptors (Lipinski definition) is 2. The van der Waals surface area contributed by atoms with Gasteiger partial charge in [-0.2, -0.15) is 18.3 Å². The van der Waals surface area contributed by atoms with Gasteiger partial charge in [-0.1, -0.05) is 12.8 Å². The van der Waals surface area contributed by atoms with Crippen molar-refractivity contribution in [3.8, 4) is 0 Å². The van der Waals surface area contributed by atoms with Crippen LogP contribution < -0.4 is 0 Å². The highest BCUT2D eigenvalue weighted by Gasteiger charge is 2.36. The molecule has 3 rings (SSSR count). The first kappa shape index (κ1) is 15.4. The van der Waals surface area contributed by atoms with Gasteiger partial charge in [0.25, 0.3) is 0 Å². The number of nitrogens with zero attached hydrogens (tertiary/aromatic N) is 2. The van der Waals surface area contributed by atoms with Crippen molar-refractivity contribution in [2.75, 3.05) is 13.1 Å². The largest absolute Gasteiger partial charge is 0.435 e. The number of piperidine rings is 1. The van der Waals surface area contributed by atoms with E-state index in [1.807, 2.05) is 4.90 Å². The molecule has 1 atom stereocenters. The summed E-state index contributed by atoms with van der Waals surface area (Å²) in [6, 6.07) is 1.08. The summed E-state index contributed by atoms with van der Waals surface area (Å²) in [5.74, 6) is 0.215. The highest BCUT2D eigenvalue weighted by Crippen LogP contribution is 2.33. The van der Waals surface area contributed by atoms with E-state index in [1.54, 1.807) is 0 Å². The minimum atomic E-state index is -4.43. The number of carbonyl (C=O) groups is 1. The molecule has 0 bridgehead atoms. The summed E-state index contributed by atoms with van der Waals surface area (Å²) >= 11 is 0. The maximum Gasteiger partial charge on any atom is 0.435 e. The third kappa shape index (κ3) is 3.13. The normalized spacial score (nSPS) is 24.0. The lowest BCUT2D eigenvalue weighted by molar-refractivity contribution is -0.141. The van der Waals surface area contributed by atoms with E-state index in [-0.39, 0.29) is 17.7 Å². The van der Waals surface area contributed by atoms with Crippen molar-refractivity contribution >= 4 is 5.91 Å². The Hall–Kier alpha value is -1.53. The van der Waals surface area contributed by atoms with Crippen LogP contribution in [-0.4, -0.2) is 34.1 Å². The zero-order chi connectivity index (χ0) is 15.7. The summed E-state index contributed by atoms with van der Waals surface area (Å²) in [5.41, 5.74) is -0.405. The SMILES string of the molecule is O=C(C1CCCC1)N1CCC[C@H](c2cc(C(F)(F)F)n[nH]2)C1. The molecule has 1 aromatic heterocycles. The van der Waals surface area contributed by atoms with Crippen LogP contribution in [0.25, 0.3) is 0 Å². The van der Waals surface area contributed by atoms with Crippen LogP contribution in [0, 0.1) is 5.92 Å². The first-order valence-electron chi connectivity index (χ1n) is 7.86. The van der Waals surface area contributed by atoms with Crippen molar-refractivity contribution in [1.29, 1.82) is 0 Å². The molecule has 2 aliphatic rings. The van der Waals surface area contributed by atoms with Crippen LogP contribution in [0.2, 0.25) is 0 Å². The van der Waals surface area contributed by atoms with E-state index in [2.05, 4.69) is 10.2 Å². The Morgan fingerprint density at radius 3 is 2.59 bits per heavy atom. The molecule has 2 heterocycles. The van der Waals surface area contributed by atoms with E-state index >= 15 is 0 Å². The molecule has 1 aromatic rings. The number of alkyl halides is 3. The fourth-order valence-corrected chi connectivity index (χ4v) is 3.55. The van der Waals surface area contributed by atoms with E-state index in [0.29, 0.717) is 18.8 Å². The van der Waals surface area contributed by atoms with Gasteiger partial charge in [0.1, 0.15) is 0 Å². The van der Waals surface area contributed by atoms with Crippen LogP contribution in [0.3, 0.4) is 0 Å². The maximum absolute atomic E-state index is 12.6. The number of aromatic nitrogens is 2. The molecule has 1 saturated carbocycles. The number of likely N-dealkylation sites (tertiary alicyclic amines) is 1. The average molecular weight is 315 g/mol. The van der Waals surface area contributed by atoms with Crippen LogP contribution in [0.15, 0.2) is 6.07 Å². The molecule has 1 saturated heterocycles. The molecule has 1 amide bonds. The molecule has 122 valence electrons. The molecule has 0 unspecified atom stereocenters. The molecule has 7 heteroatoms. The Morgan fingerprint density at radius 2 is 1.95 bits per heavy atom. The van der Waals surface area contributed by atoms with E-state index in [0.717, 1.165) is 44.6 Å². The fourth-order valence-electron chi connectivity index (χ4n) is 3.55. The lowest BCUT2D eigenvalue weighted by atomic mass is 9.93. The molecule has 0 spiro atoms. The number of carbonyl (C=O) groups excluding carboxylic acids is 1. The molecule has 1 N–H and O–H groups in total. The van der Waals surface area contributed by atoms with Gasteiger partial charge in [-0.15, -0.1) is 0 Å². The standard InChI is InChI=1S/C15H20F3N3O/c16-15(17,18)13-8-12(19-20-13)11-6-3-7-21(9-11)14(22)10-4-1-2-5-10/h8,10-11H,1-7,9H2,(H,19,20)/t11-/m0/s1. The van der Waals surface area contributed by atoms with Crippen LogP contribution in [0.5, 0.6) is 0 Å². The van der Waals surface area contributed by atoms with Crippen molar-refractivity contribution in [1.82, 2.24) is 15.1 Å². The predicted octanol–water partition coefficient (Wildman–Crippen LogP) is 3.32. The molecule has 0 aromatic carbocycles. The van der Waals surface area contributed by atoms with Gasteiger partial charge in [-0.3, -0.25) is 9.89 Å². The zero-order valence-corrected chi connectivity index (χ0v) is 12.3. The number of aromatic amines is 1. The van der Waals surface area contributed by atoms with Gasteiger partial charge in [0.15, 0.2) is 5.69 Å². The lowest BCUT2D eigenvalue weighted by Gasteiger charge is -2.33. The summed E-state index contributed by atoms with van der Waals surface area (Å²) in [4.78, 5) is 14.3. The molecule has 4 nitrogen and oxygen atoms in total. The second kappa shape index (κ2) is 5.93. The van der Waals surface area contributed by atoms with Gasteiger partial charge in [0.2, 0.25) is 5.91 Å². The third-order valence-electron chi connectivity index (χ3n) is 4.77. The Labute approximate surface area is 127 Å². The smallest absolute Gasteiger partial charge is 0.342 e. The van der Waals surface area contributed by atoms with Crippen molar-refractivity contribution in [2.24, 2.45) is 5.92 Å². The summed E-state index contributed by atoms with van der Waals surface area (Å²) in [7, 11) is 0. The van der Waals surface area contributed by atoms with Crippen molar-refractivity contribution < 1.29 is 18.0 Å². The van der Waals surface area contributed by atoms with E-state index in [9.17, 15) is 18.0 Å². The average Bonchev–Trinajstić information content (AvgIpc) is 3.17. The monoisotopic (exact) mass is 315 g/mol. The van der Waals surface area contributed by atoms with Gasteiger partial charge in [-0.25, -0.2) is 0 Å². The first-order chi connectivity index (χ1) is 10.4. The Bertz CT molecular complexity index is 534. The quantitative estimate of drug-likeness (QED) is 0.910. The number of amides is 1. The van der Waals surface area contributed by atoms with Crippen molar-refractivity contribution in [3.63, 3.8) is 0 Å². The highest BCUT2D eigenvalue weighted by molar-refractivity contribution is 5.79. The minimum Gasteiger partial charge on any atom is -0.342 e. The Morgan fingerprint density at radius 1 is 1.23 bits per heavy atom. The van der Waals surface area contributed by atoms with Crippen LogP contribution in [0.4, 0.5) is 13.2 Å². The molecule has 1 aliphatic heterocycles. The van der Waals surface area contributed by atoms with Crippen LogP contribution >= 0.6 is 0 Å². The number of H-pyrrole nitrogens is 1. The predicted molar refractivity (Wildman–Crippen MR) is 74.1 cm³/mol. The number of rotatable bonds is 2. The number of halogens is 3. The lowest BCUT2D eigenvalue weighted by Crippen LogP contribution is -2.41. The van der Waals surface area contributed by atoms with Crippen LogP contribution in [-0.2, 0) is 11.0 Å². The molecule has 0 radical (unpaired) electrons. The zero-order valence-electron chi connectivity index (χ0n) is 12.3. The molecular weight excluding hydrogens is 295 g/mol. The van der Waals surface area contributed by atoms with Gasteiger partial charge < -0.3 is 4.90 Å². The first-order valence-corrected chi connectivity index (χ1v) is 7.86. The Kier molecular flexibility index (Phi) is 4.14. The third-order valence-corrected chi connectivity index (χ3v) is 4.77. The molecule has 22 heavy (non-hydrogen) atoms.